The Morgan fingerprint density at radius 1 is 1.44 bits per heavy atom. The molecule has 0 bridgehead atoms. The lowest BCUT2D eigenvalue weighted by Crippen LogP contribution is -2.44. The third-order valence-corrected chi connectivity index (χ3v) is 3.31. The Balaban J connectivity index is 2.35. The Bertz CT molecular complexity index is 298. The lowest BCUT2D eigenvalue weighted by Gasteiger charge is -2.27. The zero-order valence-corrected chi connectivity index (χ0v) is 9.86. The number of carboxylic acid groups (broad SMARTS) is 1. The molecule has 5 heteroatoms. The molecule has 16 heavy (non-hydrogen) atoms. The van der Waals surface area contributed by atoms with Gasteiger partial charge in [0, 0.05) is 6.54 Å². The van der Waals surface area contributed by atoms with E-state index < -0.39 is 23.4 Å². The number of aliphatic hydroxyl groups is 1. The second kappa shape index (κ2) is 4.41. The molecule has 0 saturated heterocycles. The van der Waals surface area contributed by atoms with Gasteiger partial charge >= 0.3 is 5.97 Å². The Labute approximate surface area is 94.8 Å². The molecule has 1 aliphatic carbocycles. The zero-order chi connectivity index (χ0) is 12.5. The van der Waals surface area contributed by atoms with E-state index in [2.05, 4.69) is 5.32 Å². The summed E-state index contributed by atoms with van der Waals surface area (Å²) in [7, 11) is 0. The molecule has 3 N–H and O–H groups in total. The van der Waals surface area contributed by atoms with Gasteiger partial charge in [-0.05, 0) is 19.3 Å². The van der Waals surface area contributed by atoms with E-state index in [1.807, 2.05) is 13.8 Å². The van der Waals surface area contributed by atoms with Gasteiger partial charge in [-0.25, -0.2) is 0 Å². The average molecular weight is 229 g/mol. The first kappa shape index (κ1) is 13.0. The van der Waals surface area contributed by atoms with Crippen molar-refractivity contribution in [3.8, 4) is 0 Å². The third-order valence-electron chi connectivity index (χ3n) is 3.31. The quantitative estimate of drug-likeness (QED) is 0.630. The van der Waals surface area contributed by atoms with Crippen molar-refractivity contribution in [2.75, 3.05) is 6.54 Å². The highest BCUT2D eigenvalue weighted by molar-refractivity contribution is 5.89. The molecule has 5 nitrogen and oxygen atoms in total. The molecule has 0 heterocycles. The molecule has 0 radical (unpaired) electrons. The van der Waals surface area contributed by atoms with Crippen LogP contribution in [0.4, 0.5) is 0 Å². The normalized spacial score (nSPS) is 27.3. The van der Waals surface area contributed by atoms with Crippen LogP contribution < -0.4 is 5.32 Å². The summed E-state index contributed by atoms with van der Waals surface area (Å²) in [6.07, 6.45) is 0.408. The topological polar surface area (TPSA) is 86.6 Å². The Hall–Kier alpha value is -1.10. The number of hydrogen-bond acceptors (Lipinski definition) is 3. The van der Waals surface area contributed by atoms with E-state index in [4.69, 9.17) is 5.11 Å². The van der Waals surface area contributed by atoms with Crippen LogP contribution >= 0.6 is 0 Å². The van der Waals surface area contributed by atoms with E-state index >= 15 is 0 Å². The smallest absolute Gasteiger partial charge is 0.307 e. The van der Waals surface area contributed by atoms with Gasteiger partial charge in [0.25, 0.3) is 0 Å². The second-order valence-electron chi connectivity index (χ2n) is 5.02. The summed E-state index contributed by atoms with van der Waals surface area (Å²) in [5, 5.41) is 21.1. The van der Waals surface area contributed by atoms with Gasteiger partial charge in [0.2, 0.25) is 5.91 Å². The number of carbonyl (C=O) groups is 2. The molecule has 1 aliphatic rings. The first-order valence-corrected chi connectivity index (χ1v) is 5.48. The van der Waals surface area contributed by atoms with Crippen LogP contribution in [0.15, 0.2) is 0 Å². The van der Waals surface area contributed by atoms with Crippen molar-refractivity contribution in [2.24, 2.45) is 17.8 Å². The van der Waals surface area contributed by atoms with Crippen molar-refractivity contribution in [1.29, 1.82) is 0 Å². The Morgan fingerprint density at radius 2 is 2.00 bits per heavy atom. The third kappa shape index (κ3) is 2.95. The SMILES string of the molecule is CC(C)C(C)(O)CNC(=O)C1CC1C(=O)O. The molecule has 1 rings (SSSR count). The molecule has 92 valence electrons. The molecule has 1 saturated carbocycles. The fourth-order valence-corrected chi connectivity index (χ4v) is 1.36. The van der Waals surface area contributed by atoms with Gasteiger partial charge in [-0.1, -0.05) is 13.8 Å². The van der Waals surface area contributed by atoms with E-state index in [1.54, 1.807) is 6.92 Å². The maximum absolute atomic E-state index is 11.5. The van der Waals surface area contributed by atoms with Crippen LogP contribution in [0.3, 0.4) is 0 Å². The number of rotatable bonds is 5. The van der Waals surface area contributed by atoms with Gasteiger partial charge in [0.15, 0.2) is 0 Å². The second-order valence-corrected chi connectivity index (χ2v) is 5.02. The van der Waals surface area contributed by atoms with Crippen molar-refractivity contribution >= 4 is 11.9 Å². The predicted octanol–water partition coefficient (Wildman–Crippen LogP) is 0.230. The van der Waals surface area contributed by atoms with Crippen LogP contribution in [0.5, 0.6) is 0 Å². The average Bonchev–Trinajstić information content (AvgIpc) is 2.93. The minimum Gasteiger partial charge on any atom is -0.481 e. The summed E-state index contributed by atoms with van der Waals surface area (Å²) < 4.78 is 0. The molecule has 0 aliphatic heterocycles. The summed E-state index contributed by atoms with van der Waals surface area (Å²) in [4.78, 5) is 22.1. The van der Waals surface area contributed by atoms with Crippen molar-refractivity contribution in [3.63, 3.8) is 0 Å². The van der Waals surface area contributed by atoms with Crippen LogP contribution in [0.2, 0.25) is 0 Å². The van der Waals surface area contributed by atoms with Gasteiger partial charge < -0.3 is 15.5 Å². The number of aliphatic carboxylic acids is 1. The van der Waals surface area contributed by atoms with E-state index in [0.29, 0.717) is 6.42 Å². The maximum Gasteiger partial charge on any atom is 0.307 e. The molecule has 1 amide bonds. The highest BCUT2D eigenvalue weighted by Gasteiger charge is 2.48. The zero-order valence-electron chi connectivity index (χ0n) is 9.86. The van der Waals surface area contributed by atoms with Crippen molar-refractivity contribution in [2.45, 2.75) is 32.8 Å². The van der Waals surface area contributed by atoms with Crippen molar-refractivity contribution in [3.05, 3.63) is 0 Å². The lowest BCUT2D eigenvalue weighted by molar-refractivity contribution is -0.140. The van der Waals surface area contributed by atoms with Crippen LogP contribution in [-0.2, 0) is 9.59 Å². The fraction of sp³-hybridized carbons (Fsp3) is 0.818. The molecule has 3 unspecified atom stereocenters. The van der Waals surface area contributed by atoms with Gasteiger partial charge in [0.05, 0.1) is 17.4 Å². The molecule has 1 fully saturated rings. The minimum absolute atomic E-state index is 0.0299. The highest BCUT2D eigenvalue weighted by Crippen LogP contribution is 2.38. The number of carboxylic acids is 1. The first-order chi connectivity index (χ1) is 7.25. The maximum atomic E-state index is 11.5. The summed E-state index contributed by atoms with van der Waals surface area (Å²) in [5.41, 5.74) is -0.955. The molecular formula is C11H19NO4. The molecular weight excluding hydrogens is 210 g/mol. The Kier molecular flexibility index (Phi) is 3.57. The summed E-state index contributed by atoms with van der Waals surface area (Å²) in [5.74, 6) is -2.11. The molecule has 0 aromatic rings. The van der Waals surface area contributed by atoms with Gasteiger partial charge in [-0.3, -0.25) is 9.59 Å². The van der Waals surface area contributed by atoms with Gasteiger partial charge in [-0.2, -0.15) is 0 Å². The van der Waals surface area contributed by atoms with Crippen LogP contribution in [0, 0.1) is 17.8 Å². The van der Waals surface area contributed by atoms with E-state index in [-0.39, 0.29) is 18.4 Å². The Morgan fingerprint density at radius 3 is 2.38 bits per heavy atom. The van der Waals surface area contributed by atoms with Crippen LogP contribution in [0.25, 0.3) is 0 Å². The number of nitrogens with one attached hydrogen (secondary N) is 1. The van der Waals surface area contributed by atoms with E-state index in [1.165, 1.54) is 0 Å². The number of amides is 1. The van der Waals surface area contributed by atoms with E-state index in [9.17, 15) is 14.7 Å². The lowest BCUT2D eigenvalue weighted by atomic mass is 9.92. The number of hydrogen-bond donors (Lipinski definition) is 3. The largest absolute Gasteiger partial charge is 0.481 e. The molecule has 0 aromatic carbocycles. The molecule has 3 atom stereocenters. The molecule has 0 aromatic heterocycles. The van der Waals surface area contributed by atoms with E-state index in [0.717, 1.165) is 0 Å². The van der Waals surface area contributed by atoms with Crippen LogP contribution in [-0.4, -0.2) is 34.2 Å². The molecule has 0 spiro atoms. The van der Waals surface area contributed by atoms with Crippen molar-refractivity contribution < 1.29 is 19.8 Å². The van der Waals surface area contributed by atoms with Crippen molar-refractivity contribution in [1.82, 2.24) is 5.32 Å². The standard InChI is InChI=1S/C11H19NO4/c1-6(2)11(3,16)5-12-9(13)7-4-8(7)10(14)15/h6-8,16H,4-5H2,1-3H3,(H,12,13)(H,14,15). The predicted molar refractivity (Wildman–Crippen MR) is 57.7 cm³/mol. The summed E-state index contributed by atoms with van der Waals surface area (Å²) >= 11 is 0. The van der Waals surface area contributed by atoms with Crippen LogP contribution in [0.1, 0.15) is 27.2 Å². The summed E-state index contributed by atoms with van der Waals surface area (Å²) in [6.45, 7) is 5.54. The first-order valence-electron chi connectivity index (χ1n) is 5.48. The summed E-state index contributed by atoms with van der Waals surface area (Å²) in [6, 6.07) is 0. The van der Waals surface area contributed by atoms with Gasteiger partial charge in [0.1, 0.15) is 0 Å². The van der Waals surface area contributed by atoms with Gasteiger partial charge in [-0.15, -0.1) is 0 Å². The highest BCUT2D eigenvalue weighted by atomic mass is 16.4. The minimum atomic E-state index is -0.955. The monoisotopic (exact) mass is 229 g/mol. The fourth-order valence-electron chi connectivity index (χ4n) is 1.36. The number of carbonyl (C=O) groups excluding carboxylic acids is 1.